The molecule has 0 unspecified atom stereocenters. The van der Waals surface area contributed by atoms with Gasteiger partial charge in [-0.3, -0.25) is 19.5 Å². The number of anilines is 1. The van der Waals surface area contributed by atoms with Gasteiger partial charge >= 0.3 is 0 Å². The molecule has 0 aliphatic heterocycles. The molecule has 2 aromatic heterocycles. The number of non-ortho nitro benzene ring substituents is 1. The first-order chi connectivity index (χ1) is 17.0. The highest BCUT2D eigenvalue weighted by Gasteiger charge is 2.20. The van der Waals surface area contributed by atoms with Crippen molar-refractivity contribution in [2.45, 2.75) is 5.16 Å². The summed E-state index contributed by atoms with van der Waals surface area (Å²) in [5.74, 6) is -0.116. The molecule has 0 atom stereocenters. The SMILES string of the molecule is O=C(CSc1nnc(-c2c[nH]c3ccccc23)n1-c1ccc(F)cc1)Nc1ccc([N+](=O)[O-])cc1. The van der Waals surface area contributed by atoms with Gasteiger partial charge in [0.15, 0.2) is 11.0 Å². The lowest BCUT2D eigenvalue weighted by Crippen LogP contribution is -2.14. The first kappa shape index (κ1) is 22.3. The minimum absolute atomic E-state index is 0.0181. The van der Waals surface area contributed by atoms with E-state index >= 15 is 0 Å². The van der Waals surface area contributed by atoms with Crippen molar-refractivity contribution in [3.8, 4) is 17.1 Å². The summed E-state index contributed by atoms with van der Waals surface area (Å²) in [5, 5.41) is 23.6. The van der Waals surface area contributed by atoms with Gasteiger partial charge in [0.2, 0.25) is 5.91 Å². The molecule has 0 radical (unpaired) electrons. The average Bonchev–Trinajstić information content (AvgIpc) is 3.47. The molecule has 5 rings (SSSR count). The van der Waals surface area contributed by atoms with Crippen LogP contribution in [0, 0.1) is 15.9 Å². The highest BCUT2D eigenvalue weighted by molar-refractivity contribution is 7.99. The molecule has 1 amide bonds. The monoisotopic (exact) mass is 488 g/mol. The second-order valence-electron chi connectivity index (χ2n) is 7.51. The van der Waals surface area contributed by atoms with Crippen LogP contribution in [-0.2, 0) is 4.79 Å². The number of hydrogen-bond acceptors (Lipinski definition) is 6. The Morgan fingerprint density at radius 1 is 1.06 bits per heavy atom. The lowest BCUT2D eigenvalue weighted by Gasteiger charge is -2.10. The highest BCUT2D eigenvalue weighted by Crippen LogP contribution is 2.32. The summed E-state index contributed by atoms with van der Waals surface area (Å²) in [5.41, 5.74) is 2.79. The Morgan fingerprint density at radius 3 is 2.54 bits per heavy atom. The number of aromatic nitrogens is 4. The fourth-order valence-corrected chi connectivity index (χ4v) is 4.36. The van der Waals surface area contributed by atoms with Crippen molar-refractivity contribution < 1.29 is 14.1 Å². The Morgan fingerprint density at radius 2 is 1.80 bits per heavy atom. The molecule has 174 valence electrons. The molecule has 5 aromatic rings. The van der Waals surface area contributed by atoms with Crippen LogP contribution in [0.4, 0.5) is 15.8 Å². The topological polar surface area (TPSA) is 119 Å². The fraction of sp³-hybridized carbons (Fsp3) is 0.0417. The number of nitro benzene ring substituents is 1. The smallest absolute Gasteiger partial charge is 0.269 e. The van der Waals surface area contributed by atoms with Crippen molar-refractivity contribution in [1.82, 2.24) is 19.7 Å². The molecule has 0 saturated heterocycles. The van der Waals surface area contributed by atoms with Crippen LogP contribution in [0.2, 0.25) is 0 Å². The molecule has 3 aromatic carbocycles. The van der Waals surface area contributed by atoms with Gasteiger partial charge in [0.1, 0.15) is 5.82 Å². The van der Waals surface area contributed by atoms with Crippen LogP contribution in [0.25, 0.3) is 28.0 Å². The number of rotatable bonds is 7. The van der Waals surface area contributed by atoms with Gasteiger partial charge in [0.05, 0.1) is 10.7 Å². The number of benzene rings is 3. The molecule has 9 nitrogen and oxygen atoms in total. The van der Waals surface area contributed by atoms with E-state index in [9.17, 15) is 19.3 Å². The maximum atomic E-state index is 13.6. The van der Waals surface area contributed by atoms with Crippen molar-refractivity contribution in [2.24, 2.45) is 0 Å². The zero-order valence-corrected chi connectivity index (χ0v) is 18.8. The minimum Gasteiger partial charge on any atom is -0.360 e. The van der Waals surface area contributed by atoms with E-state index in [0.29, 0.717) is 22.4 Å². The molecular formula is C24H17FN6O3S. The van der Waals surface area contributed by atoms with E-state index in [1.165, 1.54) is 48.2 Å². The lowest BCUT2D eigenvalue weighted by atomic mass is 10.1. The van der Waals surface area contributed by atoms with Crippen molar-refractivity contribution in [3.63, 3.8) is 0 Å². The Balaban J connectivity index is 1.42. The van der Waals surface area contributed by atoms with Gasteiger partial charge < -0.3 is 10.3 Å². The Kier molecular flexibility index (Phi) is 5.98. The summed E-state index contributed by atoms with van der Waals surface area (Å²) in [4.78, 5) is 26.0. The summed E-state index contributed by atoms with van der Waals surface area (Å²) < 4.78 is 15.4. The van der Waals surface area contributed by atoms with Crippen molar-refractivity contribution in [1.29, 1.82) is 0 Å². The van der Waals surface area contributed by atoms with Crippen molar-refractivity contribution in [3.05, 3.63) is 94.9 Å². The molecule has 0 aliphatic rings. The summed E-state index contributed by atoms with van der Waals surface area (Å²) in [7, 11) is 0. The van der Waals surface area contributed by atoms with Crippen LogP contribution >= 0.6 is 11.8 Å². The number of aromatic amines is 1. The summed E-state index contributed by atoms with van der Waals surface area (Å²) >= 11 is 1.17. The summed E-state index contributed by atoms with van der Waals surface area (Å²) in [6.07, 6.45) is 1.84. The summed E-state index contributed by atoms with van der Waals surface area (Å²) in [6, 6.07) is 19.3. The number of halogens is 1. The van der Waals surface area contributed by atoms with E-state index in [1.54, 1.807) is 16.7 Å². The van der Waals surface area contributed by atoms with Crippen LogP contribution in [0.5, 0.6) is 0 Å². The zero-order chi connectivity index (χ0) is 24.4. The van der Waals surface area contributed by atoms with Crippen LogP contribution in [0.15, 0.2) is 84.1 Å². The Labute approximate surface area is 202 Å². The first-order valence-corrected chi connectivity index (χ1v) is 11.4. The molecule has 0 saturated carbocycles. The number of nitrogens with one attached hydrogen (secondary N) is 2. The van der Waals surface area contributed by atoms with Gasteiger partial charge in [0, 0.05) is 46.2 Å². The largest absolute Gasteiger partial charge is 0.360 e. The predicted molar refractivity (Wildman–Crippen MR) is 131 cm³/mol. The van der Waals surface area contributed by atoms with Gasteiger partial charge in [-0.1, -0.05) is 30.0 Å². The normalized spacial score (nSPS) is 11.0. The van der Waals surface area contributed by atoms with E-state index < -0.39 is 4.92 Å². The second kappa shape index (κ2) is 9.39. The standard InChI is InChI=1S/C24H17FN6O3S/c25-15-5-9-17(10-6-15)30-23(20-13-26-21-4-2-1-3-19(20)21)28-29-24(30)35-14-22(32)27-16-7-11-18(12-8-16)31(33)34/h1-13,26H,14H2,(H,27,32). The number of thioether (sulfide) groups is 1. The number of H-pyrrole nitrogens is 1. The average molecular weight is 489 g/mol. The molecule has 0 fully saturated rings. The van der Waals surface area contributed by atoms with E-state index in [0.717, 1.165) is 16.5 Å². The third-order valence-electron chi connectivity index (χ3n) is 5.24. The number of para-hydroxylation sites is 1. The quantitative estimate of drug-likeness (QED) is 0.185. The second-order valence-corrected chi connectivity index (χ2v) is 8.45. The maximum Gasteiger partial charge on any atom is 0.269 e. The van der Waals surface area contributed by atoms with E-state index in [2.05, 4.69) is 20.5 Å². The Bertz CT molecular complexity index is 1530. The zero-order valence-electron chi connectivity index (χ0n) is 18.0. The maximum absolute atomic E-state index is 13.6. The van der Waals surface area contributed by atoms with Gasteiger partial charge in [-0.05, 0) is 42.5 Å². The van der Waals surface area contributed by atoms with Crippen molar-refractivity contribution >= 4 is 39.9 Å². The highest BCUT2D eigenvalue weighted by atomic mass is 32.2. The number of carbonyl (C=O) groups excluding carboxylic acids is 1. The van der Waals surface area contributed by atoms with Crippen LogP contribution < -0.4 is 5.32 Å². The molecule has 2 heterocycles. The number of hydrogen-bond donors (Lipinski definition) is 2. The molecular weight excluding hydrogens is 471 g/mol. The predicted octanol–water partition coefficient (Wildman–Crippen LogP) is 5.19. The number of carbonyl (C=O) groups is 1. The van der Waals surface area contributed by atoms with Gasteiger partial charge in [-0.2, -0.15) is 0 Å². The third-order valence-corrected chi connectivity index (χ3v) is 6.17. The molecule has 11 heteroatoms. The number of amides is 1. The third kappa shape index (κ3) is 4.62. The van der Waals surface area contributed by atoms with Crippen LogP contribution in [0.1, 0.15) is 0 Å². The Hall–Kier alpha value is -4.51. The fourth-order valence-electron chi connectivity index (χ4n) is 3.61. The number of nitro groups is 1. The minimum atomic E-state index is -0.505. The molecule has 35 heavy (non-hydrogen) atoms. The number of nitrogens with zero attached hydrogens (tertiary/aromatic N) is 4. The molecule has 2 N–H and O–H groups in total. The number of fused-ring (bicyclic) bond motifs is 1. The molecule has 0 bridgehead atoms. The van der Waals surface area contributed by atoms with Gasteiger partial charge in [-0.25, -0.2) is 4.39 Å². The van der Waals surface area contributed by atoms with E-state index in [-0.39, 0.29) is 23.2 Å². The molecule has 0 aliphatic carbocycles. The van der Waals surface area contributed by atoms with Crippen LogP contribution in [-0.4, -0.2) is 36.3 Å². The van der Waals surface area contributed by atoms with Gasteiger partial charge in [0.25, 0.3) is 5.69 Å². The van der Waals surface area contributed by atoms with Crippen molar-refractivity contribution in [2.75, 3.05) is 11.1 Å². The first-order valence-electron chi connectivity index (χ1n) is 10.4. The van der Waals surface area contributed by atoms with E-state index in [4.69, 9.17) is 0 Å². The van der Waals surface area contributed by atoms with Gasteiger partial charge in [-0.15, -0.1) is 10.2 Å². The molecule has 0 spiro atoms. The summed E-state index contributed by atoms with van der Waals surface area (Å²) in [6.45, 7) is 0. The van der Waals surface area contributed by atoms with E-state index in [1.807, 2.05) is 30.5 Å². The lowest BCUT2D eigenvalue weighted by molar-refractivity contribution is -0.384. The van der Waals surface area contributed by atoms with Crippen LogP contribution in [0.3, 0.4) is 0 Å².